The van der Waals surface area contributed by atoms with E-state index >= 15 is 0 Å². The fourth-order valence-corrected chi connectivity index (χ4v) is 4.41. The van der Waals surface area contributed by atoms with Gasteiger partial charge in [0.25, 0.3) is 11.7 Å². The van der Waals surface area contributed by atoms with Crippen molar-refractivity contribution in [1.29, 1.82) is 0 Å². The number of hydrogen-bond donors (Lipinski definition) is 1. The highest BCUT2D eigenvalue weighted by molar-refractivity contribution is 6.51. The maximum absolute atomic E-state index is 13.3. The quantitative estimate of drug-likeness (QED) is 0.251. The zero-order valence-electron chi connectivity index (χ0n) is 19.7. The lowest BCUT2D eigenvalue weighted by atomic mass is 9.94. The molecule has 180 valence electrons. The van der Waals surface area contributed by atoms with Gasteiger partial charge in [-0.2, -0.15) is 0 Å². The number of benzene rings is 3. The Bertz CT molecular complexity index is 1300. The number of ether oxygens (including phenoxy) is 2. The summed E-state index contributed by atoms with van der Waals surface area (Å²) in [6, 6.07) is 18.3. The number of rotatable bonds is 7. The number of aliphatic hydroxyl groups excluding tert-OH is 1. The van der Waals surface area contributed by atoms with E-state index in [4.69, 9.17) is 21.1 Å². The summed E-state index contributed by atoms with van der Waals surface area (Å²) >= 11 is 6.21. The Balaban J connectivity index is 1.95. The van der Waals surface area contributed by atoms with Crippen molar-refractivity contribution in [2.45, 2.75) is 26.3 Å². The summed E-state index contributed by atoms with van der Waals surface area (Å²) in [5.41, 5.74) is 2.56. The second kappa shape index (κ2) is 10.2. The lowest BCUT2D eigenvalue weighted by Crippen LogP contribution is -2.29. The van der Waals surface area contributed by atoms with Gasteiger partial charge in [0.2, 0.25) is 0 Å². The number of aryl methyl sites for hydroxylation is 1. The molecule has 1 unspecified atom stereocenters. The first kappa shape index (κ1) is 24.4. The van der Waals surface area contributed by atoms with E-state index in [1.165, 1.54) is 12.0 Å². The predicted octanol–water partition coefficient (Wildman–Crippen LogP) is 5.94. The van der Waals surface area contributed by atoms with Crippen LogP contribution in [0.15, 0.2) is 72.3 Å². The molecule has 1 heterocycles. The molecule has 7 heteroatoms. The van der Waals surface area contributed by atoms with Crippen LogP contribution in [0.1, 0.15) is 36.6 Å². The molecule has 35 heavy (non-hydrogen) atoms. The Morgan fingerprint density at radius 3 is 2.37 bits per heavy atom. The van der Waals surface area contributed by atoms with Gasteiger partial charge in [-0.1, -0.05) is 54.9 Å². The molecule has 3 aromatic carbocycles. The van der Waals surface area contributed by atoms with Gasteiger partial charge in [-0.05, 0) is 54.8 Å². The Morgan fingerprint density at radius 2 is 1.74 bits per heavy atom. The number of hydrogen-bond acceptors (Lipinski definition) is 5. The zero-order chi connectivity index (χ0) is 25.1. The van der Waals surface area contributed by atoms with Crippen molar-refractivity contribution >= 4 is 34.7 Å². The first-order chi connectivity index (χ1) is 16.9. The fraction of sp³-hybridized carbons (Fsp3) is 0.214. The maximum Gasteiger partial charge on any atom is 0.300 e. The van der Waals surface area contributed by atoms with E-state index in [-0.39, 0.29) is 11.3 Å². The largest absolute Gasteiger partial charge is 0.507 e. The van der Waals surface area contributed by atoms with Crippen LogP contribution < -0.4 is 14.4 Å². The van der Waals surface area contributed by atoms with Crippen LogP contribution in [0.4, 0.5) is 5.69 Å². The van der Waals surface area contributed by atoms with Gasteiger partial charge < -0.3 is 14.6 Å². The Labute approximate surface area is 209 Å². The van der Waals surface area contributed by atoms with E-state index in [0.29, 0.717) is 39.9 Å². The van der Waals surface area contributed by atoms with Crippen molar-refractivity contribution in [3.63, 3.8) is 0 Å². The van der Waals surface area contributed by atoms with E-state index in [9.17, 15) is 14.7 Å². The Kier molecular flexibility index (Phi) is 7.12. The van der Waals surface area contributed by atoms with Crippen molar-refractivity contribution < 1.29 is 24.2 Å². The molecule has 1 saturated heterocycles. The number of carbonyl (C=O) groups excluding carboxylic acids is 2. The Morgan fingerprint density at radius 1 is 1.00 bits per heavy atom. The van der Waals surface area contributed by atoms with Gasteiger partial charge >= 0.3 is 0 Å². The van der Waals surface area contributed by atoms with Crippen LogP contribution in [0.25, 0.3) is 5.76 Å². The first-order valence-electron chi connectivity index (χ1n) is 11.4. The Hall–Kier alpha value is -3.77. The molecule has 1 fully saturated rings. The second-order valence-corrected chi connectivity index (χ2v) is 8.48. The maximum atomic E-state index is 13.3. The summed E-state index contributed by atoms with van der Waals surface area (Å²) in [5.74, 6) is -0.783. The molecular weight excluding hydrogens is 466 g/mol. The highest BCUT2D eigenvalue weighted by Gasteiger charge is 2.47. The molecule has 1 aliphatic heterocycles. The van der Waals surface area contributed by atoms with Gasteiger partial charge in [-0.3, -0.25) is 14.5 Å². The molecular formula is C28H26ClNO5. The topological polar surface area (TPSA) is 76.1 Å². The second-order valence-electron chi connectivity index (χ2n) is 8.04. The molecule has 0 aliphatic carbocycles. The van der Waals surface area contributed by atoms with Gasteiger partial charge in [-0.15, -0.1) is 0 Å². The van der Waals surface area contributed by atoms with Gasteiger partial charge in [0.15, 0.2) is 11.5 Å². The fourth-order valence-electron chi connectivity index (χ4n) is 4.23. The number of carbonyl (C=O) groups is 2. The minimum absolute atomic E-state index is 0.00756. The third-order valence-electron chi connectivity index (χ3n) is 5.97. The molecule has 4 rings (SSSR count). The summed E-state index contributed by atoms with van der Waals surface area (Å²) in [6.45, 7) is 4.28. The monoisotopic (exact) mass is 491 g/mol. The highest BCUT2D eigenvalue weighted by atomic mass is 35.5. The van der Waals surface area contributed by atoms with Gasteiger partial charge in [0, 0.05) is 16.3 Å². The zero-order valence-corrected chi connectivity index (χ0v) is 20.5. The van der Waals surface area contributed by atoms with Crippen molar-refractivity contribution in [1.82, 2.24) is 0 Å². The van der Waals surface area contributed by atoms with Crippen LogP contribution >= 0.6 is 11.6 Å². The number of halogens is 1. The molecule has 1 atom stereocenters. The van der Waals surface area contributed by atoms with Crippen LogP contribution in [0.2, 0.25) is 5.02 Å². The predicted molar refractivity (Wildman–Crippen MR) is 136 cm³/mol. The molecule has 6 nitrogen and oxygen atoms in total. The van der Waals surface area contributed by atoms with Crippen LogP contribution in [0.3, 0.4) is 0 Å². The molecule has 1 amide bonds. The number of amides is 1. The highest BCUT2D eigenvalue weighted by Crippen LogP contribution is 2.44. The number of nitrogens with zero attached hydrogens (tertiary/aromatic N) is 1. The average Bonchev–Trinajstić information content (AvgIpc) is 3.14. The molecule has 1 aliphatic rings. The van der Waals surface area contributed by atoms with E-state index in [1.807, 2.05) is 26.0 Å². The SMILES string of the molecule is CCOc1cc(C2/C(=C(/O)c3ccc(CC)cc3)C(=O)C(=O)N2c2cccc(Cl)c2)ccc1OC. The van der Waals surface area contributed by atoms with Crippen molar-refractivity contribution in [2.75, 3.05) is 18.6 Å². The number of anilines is 1. The number of Topliss-reactive ketones (excluding diaryl/α,β-unsaturated/α-hetero) is 1. The number of ketones is 1. The van der Waals surface area contributed by atoms with Crippen molar-refractivity contribution in [2.24, 2.45) is 0 Å². The van der Waals surface area contributed by atoms with Crippen LogP contribution in [-0.4, -0.2) is 30.5 Å². The summed E-state index contributed by atoms with van der Waals surface area (Å²) in [6.07, 6.45) is 0.840. The lowest BCUT2D eigenvalue weighted by molar-refractivity contribution is -0.132. The molecule has 3 aromatic rings. The first-order valence-corrected chi connectivity index (χ1v) is 11.7. The standard InChI is InChI=1S/C28H26ClNO5/c1-4-17-9-11-18(12-10-17)26(31)24-25(19-13-14-22(34-3)23(15-19)35-5-2)30(28(33)27(24)32)21-8-6-7-20(29)16-21/h6-16,25,31H,4-5H2,1-3H3/b26-24-. The van der Waals surface area contributed by atoms with Crippen molar-refractivity contribution in [3.05, 3.63) is 94.0 Å². The summed E-state index contributed by atoms with van der Waals surface area (Å²) in [5, 5.41) is 11.7. The minimum atomic E-state index is -0.899. The average molecular weight is 492 g/mol. The summed E-state index contributed by atoms with van der Waals surface area (Å²) < 4.78 is 11.1. The van der Waals surface area contributed by atoms with Gasteiger partial charge in [0.1, 0.15) is 5.76 Å². The van der Waals surface area contributed by atoms with Gasteiger partial charge in [-0.25, -0.2) is 0 Å². The molecule has 0 saturated carbocycles. The molecule has 0 radical (unpaired) electrons. The number of aliphatic hydroxyl groups is 1. The molecule has 0 spiro atoms. The van der Waals surface area contributed by atoms with E-state index in [2.05, 4.69) is 0 Å². The van der Waals surface area contributed by atoms with E-state index in [0.717, 1.165) is 12.0 Å². The third-order valence-corrected chi connectivity index (χ3v) is 6.20. The van der Waals surface area contributed by atoms with E-state index < -0.39 is 17.7 Å². The summed E-state index contributed by atoms with van der Waals surface area (Å²) in [4.78, 5) is 28.0. The third kappa shape index (κ3) is 4.62. The summed E-state index contributed by atoms with van der Waals surface area (Å²) in [7, 11) is 1.54. The lowest BCUT2D eigenvalue weighted by Gasteiger charge is -2.26. The van der Waals surface area contributed by atoms with E-state index in [1.54, 1.807) is 54.6 Å². The van der Waals surface area contributed by atoms with Crippen LogP contribution in [0.5, 0.6) is 11.5 Å². The van der Waals surface area contributed by atoms with Crippen molar-refractivity contribution in [3.8, 4) is 11.5 Å². The molecule has 0 bridgehead atoms. The smallest absolute Gasteiger partial charge is 0.300 e. The molecule has 0 aromatic heterocycles. The van der Waals surface area contributed by atoms with Crippen LogP contribution in [-0.2, 0) is 16.0 Å². The molecule has 1 N–H and O–H groups in total. The van der Waals surface area contributed by atoms with Gasteiger partial charge in [0.05, 0.1) is 25.3 Å². The normalized spacial score (nSPS) is 17.0. The van der Waals surface area contributed by atoms with Crippen LogP contribution in [0, 0.1) is 0 Å². The number of methoxy groups -OCH3 is 1. The minimum Gasteiger partial charge on any atom is -0.507 e.